The molecular weight excluding hydrogens is 156 g/mol. The van der Waals surface area contributed by atoms with Gasteiger partial charge in [0.15, 0.2) is 0 Å². The molecule has 0 aliphatic heterocycles. The van der Waals surface area contributed by atoms with Gasteiger partial charge in [-0.3, -0.25) is 4.79 Å². The van der Waals surface area contributed by atoms with E-state index in [1.54, 1.807) is 6.20 Å². The fourth-order valence-corrected chi connectivity index (χ4v) is 0.511. The van der Waals surface area contributed by atoms with E-state index in [1.807, 2.05) is 25.2 Å². The van der Waals surface area contributed by atoms with E-state index < -0.39 is 5.97 Å². The van der Waals surface area contributed by atoms with Crippen molar-refractivity contribution in [3.8, 4) is 0 Å². The summed E-state index contributed by atoms with van der Waals surface area (Å²) in [5, 5.41) is 10.3. The molecule has 12 heavy (non-hydrogen) atoms. The van der Waals surface area contributed by atoms with Crippen molar-refractivity contribution in [1.82, 2.24) is 4.98 Å². The quantitative estimate of drug-likeness (QED) is 0.661. The molecule has 0 amide bonds. The van der Waals surface area contributed by atoms with Crippen molar-refractivity contribution < 1.29 is 9.90 Å². The van der Waals surface area contributed by atoms with Crippen molar-refractivity contribution in [2.45, 2.75) is 6.92 Å². The second-order valence-electron chi connectivity index (χ2n) is 1.98. The monoisotopic (exact) mass is 168 g/mol. The molecule has 0 aromatic carbocycles. The van der Waals surface area contributed by atoms with Gasteiger partial charge < -0.3 is 10.4 Å². The first-order valence-corrected chi connectivity index (χ1v) is 3.45. The van der Waals surface area contributed by atoms with Crippen LogP contribution in [0.3, 0.4) is 0 Å². The number of carboxylic acids is 1. The first-order chi connectivity index (χ1) is 5.66. The van der Waals surface area contributed by atoms with Gasteiger partial charge in [0.2, 0.25) is 0 Å². The Balaban J connectivity index is 0.000000261. The normalized spacial score (nSPS) is 7.83. The van der Waals surface area contributed by atoms with E-state index in [2.05, 4.69) is 10.3 Å². The van der Waals surface area contributed by atoms with Crippen molar-refractivity contribution >= 4 is 11.8 Å². The van der Waals surface area contributed by atoms with Crippen LogP contribution in [-0.2, 0) is 4.79 Å². The zero-order valence-electron chi connectivity index (χ0n) is 7.11. The number of anilines is 1. The fraction of sp³-hybridized carbons (Fsp3) is 0.250. The molecule has 0 saturated carbocycles. The maximum Gasteiger partial charge on any atom is 0.300 e. The van der Waals surface area contributed by atoms with Crippen LogP contribution in [0, 0.1) is 0 Å². The lowest BCUT2D eigenvalue weighted by molar-refractivity contribution is -0.134. The molecule has 0 spiro atoms. The highest BCUT2D eigenvalue weighted by atomic mass is 16.4. The Bertz CT molecular complexity index is 220. The average molecular weight is 168 g/mol. The van der Waals surface area contributed by atoms with Gasteiger partial charge in [0.05, 0.1) is 0 Å². The van der Waals surface area contributed by atoms with Gasteiger partial charge in [-0.25, -0.2) is 4.98 Å². The SMILES string of the molecule is CC(=O)O.CNc1ccccn1. The lowest BCUT2D eigenvalue weighted by atomic mass is 10.5. The lowest BCUT2D eigenvalue weighted by Crippen LogP contribution is -1.88. The highest BCUT2D eigenvalue weighted by Gasteiger charge is 1.79. The molecule has 1 aromatic heterocycles. The highest BCUT2D eigenvalue weighted by molar-refractivity contribution is 5.62. The average Bonchev–Trinajstić information content (AvgIpc) is 2.05. The molecule has 0 unspecified atom stereocenters. The molecule has 0 atom stereocenters. The second-order valence-corrected chi connectivity index (χ2v) is 1.98. The van der Waals surface area contributed by atoms with Crippen LogP contribution >= 0.6 is 0 Å². The summed E-state index contributed by atoms with van der Waals surface area (Å²) in [6, 6.07) is 5.75. The number of hydrogen-bond donors (Lipinski definition) is 2. The Kier molecular flexibility index (Phi) is 5.34. The summed E-state index contributed by atoms with van der Waals surface area (Å²) in [5.74, 6) is 0.0764. The maximum absolute atomic E-state index is 9.00. The summed E-state index contributed by atoms with van der Waals surface area (Å²) in [6.07, 6.45) is 1.76. The highest BCUT2D eigenvalue weighted by Crippen LogP contribution is 1.95. The van der Waals surface area contributed by atoms with Crippen LogP contribution in [-0.4, -0.2) is 23.1 Å². The molecule has 0 aliphatic rings. The van der Waals surface area contributed by atoms with E-state index in [4.69, 9.17) is 9.90 Å². The summed E-state index contributed by atoms with van der Waals surface area (Å²) in [4.78, 5) is 13.0. The van der Waals surface area contributed by atoms with Gasteiger partial charge >= 0.3 is 0 Å². The summed E-state index contributed by atoms with van der Waals surface area (Å²) in [7, 11) is 1.85. The van der Waals surface area contributed by atoms with Crippen molar-refractivity contribution in [3.05, 3.63) is 24.4 Å². The minimum absolute atomic E-state index is 0.833. The molecule has 0 saturated heterocycles. The van der Waals surface area contributed by atoms with Gasteiger partial charge in [-0.2, -0.15) is 0 Å². The second kappa shape index (κ2) is 6.15. The van der Waals surface area contributed by atoms with Gasteiger partial charge in [-0.15, -0.1) is 0 Å². The van der Waals surface area contributed by atoms with Crippen LogP contribution < -0.4 is 5.32 Å². The largest absolute Gasteiger partial charge is 0.481 e. The standard InChI is InChI=1S/C6H8N2.C2H4O2/c1-7-6-4-2-3-5-8-6;1-2(3)4/h2-5H,1H3,(H,7,8);1H3,(H,3,4). The molecular formula is C8H12N2O2. The molecule has 4 heteroatoms. The maximum atomic E-state index is 9.00. The Morgan fingerprint density at radius 3 is 2.42 bits per heavy atom. The Hall–Kier alpha value is -1.58. The van der Waals surface area contributed by atoms with E-state index in [-0.39, 0.29) is 0 Å². The van der Waals surface area contributed by atoms with Gasteiger partial charge in [0, 0.05) is 20.2 Å². The third kappa shape index (κ3) is 6.54. The summed E-state index contributed by atoms with van der Waals surface area (Å²) < 4.78 is 0. The zero-order valence-corrected chi connectivity index (χ0v) is 7.11. The van der Waals surface area contributed by atoms with Crippen molar-refractivity contribution in [2.24, 2.45) is 0 Å². The van der Waals surface area contributed by atoms with Crippen LogP contribution in [0.1, 0.15) is 6.92 Å². The third-order valence-electron chi connectivity index (χ3n) is 0.921. The summed E-state index contributed by atoms with van der Waals surface area (Å²) in [6.45, 7) is 1.08. The molecule has 1 heterocycles. The smallest absolute Gasteiger partial charge is 0.300 e. The number of pyridine rings is 1. The Morgan fingerprint density at radius 2 is 2.17 bits per heavy atom. The first-order valence-electron chi connectivity index (χ1n) is 3.45. The summed E-state index contributed by atoms with van der Waals surface area (Å²) >= 11 is 0. The molecule has 66 valence electrons. The number of nitrogens with one attached hydrogen (secondary N) is 1. The van der Waals surface area contributed by atoms with E-state index in [9.17, 15) is 0 Å². The molecule has 0 radical (unpaired) electrons. The molecule has 0 aliphatic carbocycles. The van der Waals surface area contributed by atoms with E-state index in [1.165, 1.54) is 0 Å². The molecule has 2 N–H and O–H groups in total. The van der Waals surface area contributed by atoms with E-state index in [0.29, 0.717) is 0 Å². The first kappa shape index (κ1) is 10.4. The number of aromatic nitrogens is 1. The van der Waals surface area contributed by atoms with Crippen LogP contribution in [0.2, 0.25) is 0 Å². The predicted molar refractivity (Wildman–Crippen MR) is 47.1 cm³/mol. The van der Waals surface area contributed by atoms with Crippen LogP contribution in [0.15, 0.2) is 24.4 Å². The van der Waals surface area contributed by atoms with Crippen molar-refractivity contribution in [3.63, 3.8) is 0 Å². The summed E-state index contributed by atoms with van der Waals surface area (Å²) in [5.41, 5.74) is 0. The van der Waals surface area contributed by atoms with Crippen LogP contribution in [0.5, 0.6) is 0 Å². The number of carbonyl (C=O) groups is 1. The fourth-order valence-electron chi connectivity index (χ4n) is 0.511. The predicted octanol–water partition coefficient (Wildman–Crippen LogP) is 1.21. The van der Waals surface area contributed by atoms with Gasteiger partial charge in [-0.1, -0.05) is 6.07 Å². The Labute approximate surface area is 71.3 Å². The molecule has 0 bridgehead atoms. The van der Waals surface area contributed by atoms with Crippen molar-refractivity contribution in [1.29, 1.82) is 0 Å². The van der Waals surface area contributed by atoms with E-state index in [0.717, 1.165) is 12.7 Å². The molecule has 0 fully saturated rings. The number of aliphatic carboxylic acids is 1. The Morgan fingerprint density at radius 1 is 1.58 bits per heavy atom. The van der Waals surface area contributed by atoms with Gasteiger partial charge in [0.25, 0.3) is 5.97 Å². The van der Waals surface area contributed by atoms with Gasteiger partial charge in [-0.05, 0) is 12.1 Å². The third-order valence-corrected chi connectivity index (χ3v) is 0.921. The van der Waals surface area contributed by atoms with Crippen LogP contribution in [0.4, 0.5) is 5.82 Å². The molecule has 4 nitrogen and oxygen atoms in total. The minimum atomic E-state index is -0.833. The lowest BCUT2D eigenvalue weighted by Gasteiger charge is -1.92. The number of rotatable bonds is 1. The number of nitrogens with zero attached hydrogens (tertiary/aromatic N) is 1. The number of hydrogen-bond acceptors (Lipinski definition) is 3. The number of carboxylic acid groups (broad SMARTS) is 1. The van der Waals surface area contributed by atoms with Gasteiger partial charge in [0.1, 0.15) is 5.82 Å². The molecule has 1 rings (SSSR count). The molecule has 1 aromatic rings. The minimum Gasteiger partial charge on any atom is -0.481 e. The van der Waals surface area contributed by atoms with E-state index >= 15 is 0 Å². The topological polar surface area (TPSA) is 62.2 Å². The van der Waals surface area contributed by atoms with Crippen molar-refractivity contribution in [2.75, 3.05) is 12.4 Å². The van der Waals surface area contributed by atoms with Crippen LogP contribution in [0.25, 0.3) is 0 Å². The zero-order chi connectivity index (χ0) is 9.40.